The summed E-state index contributed by atoms with van der Waals surface area (Å²) in [5.41, 5.74) is 0.305. The van der Waals surface area contributed by atoms with Crippen LogP contribution in [0.4, 0.5) is 0 Å². The quantitative estimate of drug-likeness (QED) is 0.849. The van der Waals surface area contributed by atoms with E-state index in [4.69, 9.17) is 14.7 Å². The largest absolute Gasteiger partial charge is 0.507 e. The molecule has 0 atom stereocenters. The highest BCUT2D eigenvalue weighted by molar-refractivity contribution is 5.51. The van der Waals surface area contributed by atoms with Gasteiger partial charge in [-0.05, 0) is 19.9 Å². The number of benzene rings is 1. The van der Waals surface area contributed by atoms with E-state index >= 15 is 0 Å². The van der Waals surface area contributed by atoms with Crippen molar-refractivity contribution in [3.63, 3.8) is 0 Å². The molecule has 1 aliphatic heterocycles. The highest BCUT2D eigenvalue weighted by atomic mass is 16.7. The minimum absolute atomic E-state index is 0.168. The summed E-state index contributed by atoms with van der Waals surface area (Å²) in [5.74, 6) is 1.37. The molecule has 0 saturated heterocycles. The normalized spacial score (nSPS) is 13.4. The highest BCUT2D eigenvalue weighted by Crippen LogP contribution is 2.37. The molecule has 5 nitrogen and oxygen atoms in total. The molecule has 0 amide bonds. The fourth-order valence-corrected chi connectivity index (χ4v) is 1.66. The molecule has 0 saturated carbocycles. The molecule has 0 aliphatic carbocycles. The van der Waals surface area contributed by atoms with Crippen LogP contribution in [0.15, 0.2) is 12.1 Å². The van der Waals surface area contributed by atoms with Crippen LogP contribution in [0.1, 0.15) is 19.4 Å². The molecule has 1 aliphatic rings. The van der Waals surface area contributed by atoms with E-state index in [1.807, 2.05) is 13.8 Å². The van der Waals surface area contributed by atoms with Crippen molar-refractivity contribution < 1.29 is 14.6 Å². The maximum Gasteiger partial charge on any atom is 0.231 e. The Bertz CT molecular complexity index is 492. The summed E-state index contributed by atoms with van der Waals surface area (Å²) in [4.78, 5) is 0. The van der Waals surface area contributed by atoms with Crippen LogP contribution in [-0.4, -0.2) is 18.4 Å². The first-order chi connectivity index (χ1) is 8.52. The molecule has 5 heteroatoms. The van der Waals surface area contributed by atoms with Crippen molar-refractivity contribution in [3.05, 3.63) is 17.7 Å². The highest BCUT2D eigenvalue weighted by Gasteiger charge is 2.18. The van der Waals surface area contributed by atoms with Gasteiger partial charge in [0.15, 0.2) is 11.5 Å². The SMILES string of the molecule is CC(C)(C#N)CNCc1cc2c(cc1O)OCO2. The van der Waals surface area contributed by atoms with E-state index in [1.165, 1.54) is 0 Å². The number of fused-ring (bicyclic) bond motifs is 1. The van der Waals surface area contributed by atoms with E-state index in [0.717, 1.165) is 5.56 Å². The van der Waals surface area contributed by atoms with Crippen LogP contribution in [0.25, 0.3) is 0 Å². The number of nitriles is 1. The number of aromatic hydroxyl groups is 1. The standard InChI is InChI=1S/C13H16N2O3/c1-13(2,6-14)7-15-5-9-3-11-12(4-10(9)16)18-8-17-11/h3-4,15-16H,5,7-8H2,1-2H3. The molecule has 0 unspecified atom stereocenters. The van der Waals surface area contributed by atoms with Crippen LogP contribution in [0.2, 0.25) is 0 Å². The van der Waals surface area contributed by atoms with Gasteiger partial charge < -0.3 is 19.9 Å². The number of nitrogens with one attached hydrogen (secondary N) is 1. The first kappa shape index (κ1) is 12.5. The summed E-state index contributed by atoms with van der Waals surface area (Å²) in [5, 5.41) is 21.9. The van der Waals surface area contributed by atoms with Crippen molar-refractivity contribution in [2.24, 2.45) is 5.41 Å². The predicted octanol–water partition coefficient (Wildman–Crippen LogP) is 1.76. The Hall–Kier alpha value is -1.93. The smallest absolute Gasteiger partial charge is 0.231 e. The summed E-state index contributed by atoms with van der Waals surface area (Å²) in [6.07, 6.45) is 0. The maximum atomic E-state index is 9.82. The van der Waals surface area contributed by atoms with Gasteiger partial charge in [0, 0.05) is 24.7 Å². The lowest BCUT2D eigenvalue weighted by atomic mass is 9.96. The first-order valence-corrected chi connectivity index (χ1v) is 5.75. The molecular formula is C13H16N2O3. The van der Waals surface area contributed by atoms with Crippen molar-refractivity contribution in [1.82, 2.24) is 5.32 Å². The lowest BCUT2D eigenvalue weighted by molar-refractivity contribution is 0.174. The van der Waals surface area contributed by atoms with Crippen LogP contribution < -0.4 is 14.8 Å². The molecule has 18 heavy (non-hydrogen) atoms. The Kier molecular flexibility index (Phi) is 3.30. The van der Waals surface area contributed by atoms with Crippen LogP contribution in [0.5, 0.6) is 17.2 Å². The van der Waals surface area contributed by atoms with Gasteiger partial charge in [0.25, 0.3) is 0 Å². The third-order valence-corrected chi connectivity index (χ3v) is 2.76. The zero-order valence-corrected chi connectivity index (χ0v) is 10.5. The minimum Gasteiger partial charge on any atom is -0.507 e. The Morgan fingerprint density at radius 2 is 2.06 bits per heavy atom. The van der Waals surface area contributed by atoms with Gasteiger partial charge >= 0.3 is 0 Å². The monoisotopic (exact) mass is 248 g/mol. The topological polar surface area (TPSA) is 74.5 Å². The van der Waals surface area contributed by atoms with E-state index in [2.05, 4.69) is 11.4 Å². The minimum atomic E-state index is -0.425. The fourth-order valence-electron chi connectivity index (χ4n) is 1.66. The summed E-state index contributed by atoms with van der Waals surface area (Å²) in [6, 6.07) is 5.52. The molecule has 96 valence electrons. The Morgan fingerprint density at radius 3 is 2.72 bits per heavy atom. The lowest BCUT2D eigenvalue weighted by Gasteiger charge is -2.16. The second kappa shape index (κ2) is 4.75. The van der Waals surface area contributed by atoms with Gasteiger partial charge in [0.2, 0.25) is 6.79 Å². The van der Waals surface area contributed by atoms with Crippen molar-refractivity contribution in [2.45, 2.75) is 20.4 Å². The molecule has 2 N–H and O–H groups in total. The molecule has 0 aromatic heterocycles. The zero-order valence-electron chi connectivity index (χ0n) is 10.5. The van der Waals surface area contributed by atoms with Gasteiger partial charge in [-0.2, -0.15) is 5.26 Å². The third-order valence-electron chi connectivity index (χ3n) is 2.76. The lowest BCUT2D eigenvalue weighted by Crippen LogP contribution is -2.27. The summed E-state index contributed by atoms with van der Waals surface area (Å²) in [7, 11) is 0. The average molecular weight is 248 g/mol. The van der Waals surface area contributed by atoms with Crippen molar-refractivity contribution in [3.8, 4) is 23.3 Å². The van der Waals surface area contributed by atoms with Crippen molar-refractivity contribution >= 4 is 0 Å². The molecule has 0 bridgehead atoms. The van der Waals surface area contributed by atoms with Crippen LogP contribution in [0.3, 0.4) is 0 Å². The summed E-state index contributed by atoms with van der Waals surface area (Å²) >= 11 is 0. The number of phenols is 1. The zero-order chi connectivity index (χ0) is 13.2. The van der Waals surface area contributed by atoms with E-state index in [-0.39, 0.29) is 12.5 Å². The molecular weight excluding hydrogens is 232 g/mol. The summed E-state index contributed by atoms with van der Waals surface area (Å²) in [6.45, 7) is 4.94. The Morgan fingerprint density at radius 1 is 1.39 bits per heavy atom. The molecule has 1 heterocycles. The number of hydrogen-bond donors (Lipinski definition) is 2. The second-order valence-corrected chi connectivity index (χ2v) is 4.93. The molecule has 0 spiro atoms. The van der Waals surface area contributed by atoms with Gasteiger partial charge in [0.1, 0.15) is 5.75 Å². The Labute approximate surface area is 106 Å². The van der Waals surface area contributed by atoms with Crippen molar-refractivity contribution in [2.75, 3.05) is 13.3 Å². The van der Waals surface area contributed by atoms with Gasteiger partial charge in [-0.25, -0.2) is 0 Å². The molecule has 0 fully saturated rings. The van der Waals surface area contributed by atoms with Gasteiger partial charge in [-0.3, -0.25) is 0 Å². The summed E-state index contributed by atoms with van der Waals surface area (Å²) < 4.78 is 10.4. The van der Waals surface area contributed by atoms with Gasteiger partial charge in [-0.1, -0.05) is 0 Å². The molecule has 0 radical (unpaired) electrons. The van der Waals surface area contributed by atoms with Crippen LogP contribution >= 0.6 is 0 Å². The number of nitrogens with zero attached hydrogens (tertiary/aromatic N) is 1. The molecule has 1 aromatic carbocycles. The van der Waals surface area contributed by atoms with Crippen molar-refractivity contribution in [1.29, 1.82) is 5.26 Å². The van der Waals surface area contributed by atoms with E-state index < -0.39 is 5.41 Å². The molecule has 2 rings (SSSR count). The van der Waals surface area contributed by atoms with Crippen LogP contribution in [-0.2, 0) is 6.54 Å². The number of ether oxygens (including phenoxy) is 2. The predicted molar refractivity (Wildman–Crippen MR) is 65.3 cm³/mol. The van der Waals surface area contributed by atoms with Crippen LogP contribution in [0, 0.1) is 16.7 Å². The van der Waals surface area contributed by atoms with Gasteiger partial charge in [0.05, 0.1) is 11.5 Å². The first-order valence-electron chi connectivity index (χ1n) is 5.75. The number of phenolic OH excluding ortho intramolecular Hbond substituents is 1. The van der Waals surface area contributed by atoms with E-state index in [1.54, 1.807) is 12.1 Å². The maximum absolute atomic E-state index is 9.82. The number of rotatable bonds is 4. The Balaban J connectivity index is 2.00. The van der Waals surface area contributed by atoms with E-state index in [9.17, 15) is 5.11 Å². The fraction of sp³-hybridized carbons (Fsp3) is 0.462. The van der Waals surface area contributed by atoms with E-state index in [0.29, 0.717) is 24.6 Å². The van der Waals surface area contributed by atoms with Gasteiger partial charge in [-0.15, -0.1) is 0 Å². The molecule has 1 aromatic rings. The second-order valence-electron chi connectivity index (χ2n) is 4.93. The third kappa shape index (κ3) is 2.66. The number of hydrogen-bond acceptors (Lipinski definition) is 5. The average Bonchev–Trinajstić information content (AvgIpc) is 2.76.